The van der Waals surface area contributed by atoms with Crippen LogP contribution in [-0.4, -0.2) is 6.54 Å². The molecule has 0 bridgehead atoms. The molecule has 0 spiro atoms. The van der Waals surface area contributed by atoms with Crippen molar-refractivity contribution in [3.05, 3.63) is 57.0 Å². The smallest absolute Gasteiger partial charge is 0.141 e. The quantitative estimate of drug-likeness (QED) is 0.699. The molecule has 2 rings (SSSR count). The van der Waals surface area contributed by atoms with Gasteiger partial charge in [0.15, 0.2) is 0 Å². The summed E-state index contributed by atoms with van der Waals surface area (Å²) >= 11 is 7.02. The van der Waals surface area contributed by atoms with Gasteiger partial charge in [-0.1, -0.05) is 35.0 Å². The molecule has 0 heterocycles. The third-order valence-corrected chi connectivity index (χ3v) is 4.10. The fourth-order valence-corrected chi connectivity index (χ4v) is 2.81. The highest BCUT2D eigenvalue weighted by Gasteiger charge is 2.08. The van der Waals surface area contributed by atoms with E-state index in [-0.39, 0.29) is 0 Å². The topological polar surface area (TPSA) is 21.3 Å². The Labute approximate surface area is 136 Å². The van der Waals surface area contributed by atoms with Crippen LogP contribution in [0.2, 0.25) is 0 Å². The van der Waals surface area contributed by atoms with E-state index in [0.717, 1.165) is 27.0 Å². The molecule has 0 aliphatic carbocycles. The third-order valence-electron chi connectivity index (χ3n) is 2.99. The first-order valence-corrected chi connectivity index (χ1v) is 8.15. The number of hydrogen-bond donors (Lipinski definition) is 1. The molecule has 0 saturated carbocycles. The number of ether oxygens (including phenoxy) is 1. The molecular formula is C16H17Br2NO. The Morgan fingerprint density at radius 3 is 2.60 bits per heavy atom. The van der Waals surface area contributed by atoms with E-state index < -0.39 is 0 Å². The van der Waals surface area contributed by atoms with Gasteiger partial charge >= 0.3 is 0 Å². The summed E-state index contributed by atoms with van der Waals surface area (Å²) in [5.41, 5.74) is 1.24. The van der Waals surface area contributed by atoms with Crippen molar-refractivity contribution >= 4 is 31.9 Å². The zero-order valence-corrected chi connectivity index (χ0v) is 14.7. The van der Waals surface area contributed by atoms with E-state index in [1.807, 2.05) is 30.3 Å². The van der Waals surface area contributed by atoms with Crippen LogP contribution in [0.3, 0.4) is 0 Å². The lowest BCUT2D eigenvalue weighted by molar-refractivity contribution is 0.478. The summed E-state index contributed by atoms with van der Waals surface area (Å²) in [4.78, 5) is 0. The average molecular weight is 399 g/mol. The lowest BCUT2D eigenvalue weighted by Gasteiger charge is -2.15. The summed E-state index contributed by atoms with van der Waals surface area (Å²) in [7, 11) is 0. The largest absolute Gasteiger partial charge is 0.456 e. The van der Waals surface area contributed by atoms with E-state index in [9.17, 15) is 0 Å². The fourth-order valence-electron chi connectivity index (χ4n) is 1.95. The van der Waals surface area contributed by atoms with Gasteiger partial charge in [-0.2, -0.15) is 0 Å². The molecule has 106 valence electrons. The molecule has 2 aromatic rings. The maximum absolute atomic E-state index is 5.89. The van der Waals surface area contributed by atoms with Crippen molar-refractivity contribution in [2.75, 3.05) is 6.54 Å². The van der Waals surface area contributed by atoms with Crippen LogP contribution in [-0.2, 0) is 0 Å². The maximum atomic E-state index is 5.89. The first kappa shape index (κ1) is 15.5. The van der Waals surface area contributed by atoms with Gasteiger partial charge in [0.25, 0.3) is 0 Å². The van der Waals surface area contributed by atoms with Crippen LogP contribution in [0.15, 0.2) is 51.4 Å². The van der Waals surface area contributed by atoms with Gasteiger partial charge in [-0.25, -0.2) is 0 Å². The normalized spacial score (nSPS) is 12.2. The molecule has 2 aromatic carbocycles. The number of rotatable bonds is 5. The van der Waals surface area contributed by atoms with Crippen molar-refractivity contribution < 1.29 is 4.74 Å². The van der Waals surface area contributed by atoms with Gasteiger partial charge in [0, 0.05) is 10.5 Å². The van der Waals surface area contributed by atoms with Gasteiger partial charge in [0.2, 0.25) is 0 Å². The molecule has 0 radical (unpaired) electrons. The van der Waals surface area contributed by atoms with Crippen LogP contribution >= 0.6 is 31.9 Å². The summed E-state index contributed by atoms with van der Waals surface area (Å²) in [6.45, 7) is 5.21. The Morgan fingerprint density at radius 2 is 1.95 bits per heavy atom. The Kier molecular flexibility index (Phi) is 5.64. The molecular weight excluding hydrogens is 382 g/mol. The summed E-state index contributed by atoms with van der Waals surface area (Å²) in [6.07, 6.45) is 0. The Balaban J connectivity index is 2.17. The van der Waals surface area contributed by atoms with E-state index in [1.54, 1.807) is 0 Å². The molecule has 1 atom stereocenters. The molecule has 1 N–H and O–H groups in total. The summed E-state index contributed by atoms with van der Waals surface area (Å²) in [5.74, 6) is 1.63. The monoisotopic (exact) mass is 397 g/mol. The van der Waals surface area contributed by atoms with Crippen molar-refractivity contribution in [1.29, 1.82) is 0 Å². The van der Waals surface area contributed by atoms with Crippen LogP contribution in [0.5, 0.6) is 11.5 Å². The van der Waals surface area contributed by atoms with Crippen molar-refractivity contribution in [2.24, 2.45) is 0 Å². The maximum Gasteiger partial charge on any atom is 0.141 e. The Morgan fingerprint density at radius 1 is 1.15 bits per heavy atom. The number of nitrogens with one attached hydrogen (secondary N) is 1. The molecule has 0 aromatic heterocycles. The van der Waals surface area contributed by atoms with Gasteiger partial charge < -0.3 is 10.1 Å². The van der Waals surface area contributed by atoms with Gasteiger partial charge in [0.05, 0.1) is 4.47 Å². The van der Waals surface area contributed by atoms with Crippen molar-refractivity contribution in [1.82, 2.24) is 5.32 Å². The van der Waals surface area contributed by atoms with Crippen molar-refractivity contribution in [2.45, 2.75) is 19.9 Å². The highest BCUT2D eigenvalue weighted by atomic mass is 79.9. The SMILES string of the molecule is CCNC(C)c1ccc(Oc2cccc(Br)c2)c(Br)c1. The van der Waals surface area contributed by atoms with Crippen LogP contribution in [0.25, 0.3) is 0 Å². The molecule has 1 unspecified atom stereocenters. The molecule has 0 aliphatic heterocycles. The minimum absolute atomic E-state index is 0.330. The van der Waals surface area contributed by atoms with E-state index in [1.165, 1.54) is 5.56 Å². The number of halogens is 2. The second-order valence-corrected chi connectivity index (χ2v) is 6.30. The molecule has 20 heavy (non-hydrogen) atoms. The lowest BCUT2D eigenvalue weighted by atomic mass is 10.1. The highest BCUT2D eigenvalue weighted by Crippen LogP contribution is 2.32. The highest BCUT2D eigenvalue weighted by molar-refractivity contribution is 9.10. The molecule has 0 fully saturated rings. The molecule has 0 saturated heterocycles. The van der Waals surface area contributed by atoms with Gasteiger partial charge in [-0.3, -0.25) is 0 Å². The number of benzene rings is 2. The molecule has 0 amide bonds. The second-order valence-electron chi connectivity index (χ2n) is 4.53. The predicted molar refractivity (Wildman–Crippen MR) is 90.4 cm³/mol. The standard InChI is InChI=1S/C16H17Br2NO/c1-3-19-11(2)12-7-8-16(15(18)9-12)20-14-6-4-5-13(17)10-14/h4-11,19H,3H2,1-2H3. The minimum Gasteiger partial charge on any atom is -0.456 e. The van der Waals surface area contributed by atoms with Crippen molar-refractivity contribution in [3.63, 3.8) is 0 Å². The molecule has 0 aliphatic rings. The zero-order chi connectivity index (χ0) is 14.5. The van der Waals surface area contributed by atoms with Gasteiger partial charge in [-0.15, -0.1) is 0 Å². The Bertz CT molecular complexity index is 586. The van der Waals surface area contributed by atoms with E-state index in [2.05, 4.69) is 63.2 Å². The summed E-state index contributed by atoms with van der Waals surface area (Å²) in [6, 6.07) is 14.3. The summed E-state index contributed by atoms with van der Waals surface area (Å²) in [5, 5.41) is 3.40. The summed E-state index contributed by atoms with van der Waals surface area (Å²) < 4.78 is 7.85. The molecule has 4 heteroatoms. The average Bonchev–Trinajstić information content (AvgIpc) is 2.41. The van der Waals surface area contributed by atoms with E-state index in [0.29, 0.717) is 6.04 Å². The van der Waals surface area contributed by atoms with Crippen LogP contribution in [0.4, 0.5) is 0 Å². The zero-order valence-electron chi connectivity index (χ0n) is 11.5. The first-order valence-electron chi connectivity index (χ1n) is 6.56. The third kappa shape index (κ3) is 4.08. The Hall–Kier alpha value is -0.840. The predicted octanol–water partition coefficient (Wildman–Crippen LogP) is 5.67. The first-order chi connectivity index (χ1) is 9.60. The van der Waals surface area contributed by atoms with E-state index >= 15 is 0 Å². The molecule has 2 nitrogen and oxygen atoms in total. The van der Waals surface area contributed by atoms with Crippen LogP contribution in [0, 0.1) is 0 Å². The van der Waals surface area contributed by atoms with E-state index in [4.69, 9.17) is 4.74 Å². The van der Waals surface area contributed by atoms with Crippen LogP contribution in [0.1, 0.15) is 25.5 Å². The second kappa shape index (κ2) is 7.25. The van der Waals surface area contributed by atoms with Gasteiger partial charge in [0.1, 0.15) is 11.5 Å². The lowest BCUT2D eigenvalue weighted by Crippen LogP contribution is -2.17. The fraction of sp³-hybridized carbons (Fsp3) is 0.250. The van der Waals surface area contributed by atoms with Gasteiger partial charge in [-0.05, 0) is 65.3 Å². The van der Waals surface area contributed by atoms with Crippen LogP contribution < -0.4 is 10.1 Å². The number of hydrogen-bond acceptors (Lipinski definition) is 2. The van der Waals surface area contributed by atoms with Crippen molar-refractivity contribution in [3.8, 4) is 11.5 Å². The minimum atomic E-state index is 0.330.